The predicted octanol–water partition coefficient (Wildman–Crippen LogP) is 1.50. The second-order valence-corrected chi connectivity index (χ2v) is 10.7. The Labute approximate surface area is 120 Å². The summed E-state index contributed by atoms with van der Waals surface area (Å²) in [7, 11) is 0.0283. The van der Waals surface area contributed by atoms with Gasteiger partial charge in [0.1, 0.15) is 7.06 Å². The van der Waals surface area contributed by atoms with Crippen molar-refractivity contribution in [3.05, 3.63) is 0 Å². The van der Waals surface area contributed by atoms with Crippen LogP contribution in [0.4, 0.5) is 0 Å². The molecule has 1 aliphatic carbocycles. The number of nitrogens with two attached hydrogens (primary N) is 1. The van der Waals surface area contributed by atoms with E-state index < -0.39 is 7.53 Å². The molecule has 5 atom stereocenters. The Bertz CT molecular complexity index is 334. The molecule has 0 amide bonds. The third kappa shape index (κ3) is 4.84. The third-order valence-electron chi connectivity index (χ3n) is 3.47. The second kappa shape index (κ2) is 7.50. The van der Waals surface area contributed by atoms with Gasteiger partial charge in [-0.25, -0.2) is 0 Å². The standard InChI is InChI=1S/C10H19INO3PS/c1-6(14)7-2-8(4-13)9(3-7)10(12)5-15-17(11)16/h7-10,13,16H,2-5,12H2,1H3/t7-,8-,9+,10?,17?/m0/s1/i16T. The second-order valence-electron chi connectivity index (χ2n) is 4.54. The number of rotatable bonds is 6. The van der Waals surface area contributed by atoms with Crippen LogP contribution in [-0.2, 0) is 16.5 Å². The lowest BCUT2D eigenvalue weighted by atomic mass is 9.90. The monoisotopic (exact) mass is 393 g/mol. The Hall–Kier alpha value is 0.930. The quantitative estimate of drug-likeness (QED) is 0.530. The lowest BCUT2D eigenvalue weighted by Crippen LogP contribution is -2.37. The fourth-order valence-electron chi connectivity index (χ4n) is 2.48. The zero-order chi connectivity index (χ0) is 13.7. The molecule has 1 rings (SSSR count). The number of carbonyl (C=O) groups excluding carboxylic acids is 1. The molecule has 0 aromatic rings. The summed E-state index contributed by atoms with van der Waals surface area (Å²) in [6.07, 6.45) is 1.48. The van der Waals surface area contributed by atoms with E-state index in [9.17, 15) is 9.90 Å². The molecule has 0 spiro atoms. The molecule has 7 heteroatoms. The summed E-state index contributed by atoms with van der Waals surface area (Å²) in [5.74, 6) is 0.453. The highest BCUT2D eigenvalue weighted by Crippen LogP contribution is 2.38. The van der Waals surface area contributed by atoms with Crippen molar-refractivity contribution >= 4 is 42.5 Å². The normalized spacial score (nSPS) is 33.4. The van der Waals surface area contributed by atoms with E-state index in [0.717, 1.165) is 12.8 Å². The van der Waals surface area contributed by atoms with Gasteiger partial charge in [-0.05, 0) is 31.6 Å². The van der Waals surface area contributed by atoms with E-state index in [4.69, 9.17) is 11.2 Å². The Morgan fingerprint density at radius 2 is 2.53 bits per heavy atom. The van der Waals surface area contributed by atoms with Crippen LogP contribution in [0.15, 0.2) is 0 Å². The van der Waals surface area contributed by atoms with Gasteiger partial charge in [0.15, 0.2) is 0 Å². The van der Waals surface area contributed by atoms with Crippen LogP contribution < -0.4 is 5.73 Å². The number of Topliss-reactive ketones (excluding diaryl/α,β-unsaturated/α-hetero) is 1. The number of hydrogen-bond donors (Lipinski definition) is 2. The first kappa shape index (κ1) is 14.3. The van der Waals surface area contributed by atoms with E-state index in [1.54, 1.807) is 6.92 Å². The van der Waals surface area contributed by atoms with Gasteiger partial charge < -0.3 is 15.0 Å². The minimum absolute atomic E-state index is 0.0327. The summed E-state index contributed by atoms with van der Waals surface area (Å²) < 4.78 is 12.6. The van der Waals surface area contributed by atoms with Crippen LogP contribution in [0.3, 0.4) is 0 Å². The Morgan fingerprint density at radius 3 is 3.06 bits per heavy atom. The molecule has 1 saturated carbocycles. The number of halogens is 1. The van der Waals surface area contributed by atoms with Gasteiger partial charge >= 0.3 is 0 Å². The molecule has 0 aromatic carbocycles. The molecule has 3 N–H and O–H groups in total. The molecule has 17 heavy (non-hydrogen) atoms. The van der Waals surface area contributed by atoms with E-state index >= 15 is 0 Å². The highest BCUT2D eigenvalue weighted by molar-refractivity contribution is 14.2. The van der Waals surface area contributed by atoms with Crippen molar-refractivity contribution in [1.29, 1.82) is 1.28 Å². The lowest BCUT2D eigenvalue weighted by molar-refractivity contribution is -0.120. The molecule has 0 heterocycles. The first-order chi connectivity index (χ1) is 8.49. The van der Waals surface area contributed by atoms with Gasteiger partial charge in [0.25, 0.3) is 0 Å². The fraction of sp³-hybridized carbons (Fsp3) is 0.900. The van der Waals surface area contributed by atoms with Crippen molar-refractivity contribution in [2.24, 2.45) is 23.5 Å². The van der Waals surface area contributed by atoms with Gasteiger partial charge in [0.2, 0.25) is 0 Å². The van der Waals surface area contributed by atoms with Crippen LogP contribution in [0.5, 0.6) is 0 Å². The third-order valence-corrected chi connectivity index (χ3v) is 4.88. The van der Waals surface area contributed by atoms with Crippen molar-refractivity contribution in [1.82, 2.24) is 0 Å². The number of hydrogen-bond acceptors (Lipinski definition) is 4. The summed E-state index contributed by atoms with van der Waals surface area (Å²) in [4.78, 5) is 11.4. The highest BCUT2D eigenvalue weighted by Gasteiger charge is 2.39. The number of aliphatic hydroxyl groups excluding tert-OH is 1. The van der Waals surface area contributed by atoms with Gasteiger partial charge in [-0.2, -0.15) is 0 Å². The SMILES string of the molecule is [3H]P=S(I)OCC(N)[C@@H]1C[C@@H](C(C)=O)C[C@H]1CO. The van der Waals surface area contributed by atoms with Gasteiger partial charge in [-0.1, -0.05) is 7.96 Å². The molecular weight excluding hydrogens is 372 g/mol. The first-order valence-electron chi connectivity index (χ1n) is 6.00. The molecule has 0 aliphatic heterocycles. The van der Waals surface area contributed by atoms with Crippen LogP contribution in [0.2, 0.25) is 0 Å². The molecule has 4 nitrogen and oxygen atoms in total. The smallest absolute Gasteiger partial charge is 0.132 e. The molecule has 0 aromatic heterocycles. The average Bonchev–Trinajstić information content (AvgIpc) is 2.79. The van der Waals surface area contributed by atoms with E-state index in [2.05, 4.69) is 21.2 Å². The van der Waals surface area contributed by atoms with Gasteiger partial charge in [0.05, 0.1) is 6.61 Å². The van der Waals surface area contributed by atoms with Crippen LogP contribution in [0.25, 0.3) is 0 Å². The topological polar surface area (TPSA) is 72.5 Å². The van der Waals surface area contributed by atoms with Crippen LogP contribution in [0.1, 0.15) is 19.8 Å². The molecular formula is C10H19INO3PS. The van der Waals surface area contributed by atoms with E-state index in [-0.39, 0.29) is 36.2 Å². The van der Waals surface area contributed by atoms with Crippen LogP contribution in [0, 0.1) is 17.8 Å². The molecule has 1 fully saturated rings. The van der Waals surface area contributed by atoms with Crippen molar-refractivity contribution in [2.75, 3.05) is 13.2 Å². The summed E-state index contributed by atoms with van der Waals surface area (Å²) in [6, 6.07) is -0.169. The van der Waals surface area contributed by atoms with E-state index in [1.807, 2.05) is 0 Å². The predicted molar refractivity (Wildman–Crippen MR) is 81.1 cm³/mol. The maximum Gasteiger partial charge on any atom is 0.132 e. The average molecular weight is 393 g/mol. The maximum atomic E-state index is 11.4. The Morgan fingerprint density at radius 1 is 1.82 bits per heavy atom. The molecule has 0 saturated heterocycles. The zero-order valence-corrected chi connectivity index (χ0v) is 13.6. The van der Waals surface area contributed by atoms with Crippen molar-refractivity contribution in [3.63, 3.8) is 0 Å². The minimum atomic E-state index is -0.429. The Balaban J connectivity index is 2.55. The zero-order valence-electron chi connectivity index (χ0n) is 10.7. The van der Waals surface area contributed by atoms with Crippen molar-refractivity contribution in [3.8, 4) is 0 Å². The molecule has 0 radical (unpaired) electrons. The van der Waals surface area contributed by atoms with Crippen LogP contribution >= 0.6 is 29.2 Å². The molecule has 0 bridgehead atoms. The number of aliphatic hydroxyl groups is 1. The molecule has 100 valence electrons. The largest absolute Gasteiger partial charge is 0.396 e. The summed E-state index contributed by atoms with van der Waals surface area (Å²) >= 11 is 2.08. The van der Waals surface area contributed by atoms with E-state index in [1.165, 1.54) is 0 Å². The van der Waals surface area contributed by atoms with Crippen molar-refractivity contribution in [2.45, 2.75) is 25.8 Å². The number of carbonyl (C=O) groups is 1. The number of ketones is 1. The maximum absolute atomic E-state index is 11.4. The highest BCUT2D eigenvalue weighted by atomic mass is 127. The molecule has 1 aliphatic rings. The minimum Gasteiger partial charge on any atom is -0.396 e. The summed E-state index contributed by atoms with van der Waals surface area (Å²) in [6.45, 7) is 2.07. The summed E-state index contributed by atoms with van der Waals surface area (Å²) in [5.41, 5.74) is 6.10. The van der Waals surface area contributed by atoms with Crippen molar-refractivity contribution < 1.29 is 14.1 Å². The van der Waals surface area contributed by atoms with Crippen LogP contribution in [-0.4, -0.2) is 31.4 Å². The first-order valence-corrected chi connectivity index (χ1v) is 10.3. The molecule has 2 unspecified atom stereocenters. The van der Waals surface area contributed by atoms with Gasteiger partial charge in [-0.15, -0.1) is 0 Å². The van der Waals surface area contributed by atoms with Gasteiger partial charge in [0, 0.05) is 47.3 Å². The van der Waals surface area contributed by atoms with Gasteiger partial charge in [-0.3, -0.25) is 4.79 Å². The van der Waals surface area contributed by atoms with E-state index in [0.29, 0.717) is 14.6 Å². The Kier molecular flexibility index (Phi) is 6.33. The summed E-state index contributed by atoms with van der Waals surface area (Å²) in [5, 5.41) is 9.37. The lowest BCUT2D eigenvalue weighted by Gasteiger charge is -2.23. The fourth-order valence-corrected chi connectivity index (χ4v) is 3.37.